The summed E-state index contributed by atoms with van der Waals surface area (Å²) >= 11 is 0. The largest absolute Gasteiger partial charge is 0.352 e. The zero-order valence-electron chi connectivity index (χ0n) is 17.2. The van der Waals surface area contributed by atoms with Gasteiger partial charge in [0.05, 0.1) is 0 Å². The number of piperazine rings is 1. The van der Waals surface area contributed by atoms with Crippen LogP contribution in [0.4, 0.5) is 0 Å². The fourth-order valence-electron chi connectivity index (χ4n) is 3.73. The maximum atomic E-state index is 12.3. The summed E-state index contributed by atoms with van der Waals surface area (Å²) in [6, 6.07) is 18.9. The molecule has 1 atom stereocenters. The summed E-state index contributed by atoms with van der Waals surface area (Å²) in [7, 11) is 0. The van der Waals surface area contributed by atoms with Gasteiger partial charge in [-0.05, 0) is 29.2 Å². The van der Waals surface area contributed by atoms with Crippen molar-refractivity contribution >= 4 is 5.91 Å². The van der Waals surface area contributed by atoms with Gasteiger partial charge in [-0.15, -0.1) is 0 Å². The molecule has 0 saturated carbocycles. The van der Waals surface area contributed by atoms with E-state index in [2.05, 4.69) is 65.4 Å². The summed E-state index contributed by atoms with van der Waals surface area (Å²) < 4.78 is 0. The number of hydrogen-bond acceptors (Lipinski definition) is 3. The molecule has 0 aromatic heterocycles. The normalized spacial score (nSPS) is 16.6. The number of benzene rings is 2. The van der Waals surface area contributed by atoms with Gasteiger partial charge in [-0.3, -0.25) is 9.69 Å². The number of hydrogen-bond donors (Lipinski definition) is 1. The van der Waals surface area contributed by atoms with Crippen LogP contribution in [0.1, 0.15) is 42.9 Å². The number of likely N-dealkylation sites (N-methyl/N-ethyl adjacent to an activating group) is 1. The minimum absolute atomic E-state index is 0.106. The lowest BCUT2D eigenvalue weighted by atomic mass is 9.97. The molecule has 1 heterocycles. The van der Waals surface area contributed by atoms with E-state index >= 15 is 0 Å². The van der Waals surface area contributed by atoms with Crippen LogP contribution in [0.5, 0.6) is 0 Å². The Morgan fingerprint density at radius 2 is 1.54 bits per heavy atom. The van der Waals surface area contributed by atoms with E-state index in [-0.39, 0.29) is 11.8 Å². The summed E-state index contributed by atoms with van der Waals surface area (Å²) in [4.78, 5) is 17.3. The van der Waals surface area contributed by atoms with Crippen molar-refractivity contribution < 1.29 is 4.79 Å². The average molecular weight is 380 g/mol. The van der Waals surface area contributed by atoms with Crippen molar-refractivity contribution in [2.75, 3.05) is 32.7 Å². The molecule has 28 heavy (non-hydrogen) atoms. The average Bonchev–Trinajstić information content (AvgIpc) is 2.74. The molecule has 1 aliphatic rings. The number of rotatable bonds is 8. The summed E-state index contributed by atoms with van der Waals surface area (Å²) in [6.45, 7) is 11.7. The molecule has 3 rings (SSSR count). The second kappa shape index (κ2) is 10.4. The molecule has 0 radical (unpaired) electrons. The second-order valence-corrected chi connectivity index (χ2v) is 7.82. The monoisotopic (exact) mass is 379 g/mol. The van der Waals surface area contributed by atoms with Gasteiger partial charge < -0.3 is 10.2 Å². The van der Waals surface area contributed by atoms with Gasteiger partial charge in [0.2, 0.25) is 5.91 Å². The van der Waals surface area contributed by atoms with Gasteiger partial charge in [0.1, 0.15) is 0 Å². The molecule has 0 spiro atoms. The molecule has 150 valence electrons. The first kappa shape index (κ1) is 20.6. The van der Waals surface area contributed by atoms with E-state index in [4.69, 9.17) is 0 Å². The van der Waals surface area contributed by atoms with E-state index in [0.717, 1.165) is 31.7 Å². The molecule has 1 saturated heterocycles. The van der Waals surface area contributed by atoms with Crippen molar-refractivity contribution in [3.05, 3.63) is 71.3 Å². The van der Waals surface area contributed by atoms with E-state index in [0.29, 0.717) is 13.0 Å². The van der Waals surface area contributed by atoms with Crippen LogP contribution >= 0.6 is 0 Å². The number of amides is 1. The Balaban J connectivity index is 1.41. The quantitative estimate of drug-likeness (QED) is 0.761. The molecule has 1 N–H and O–H groups in total. The Morgan fingerprint density at radius 3 is 2.18 bits per heavy atom. The van der Waals surface area contributed by atoms with Gasteiger partial charge in [-0.1, -0.05) is 68.4 Å². The highest BCUT2D eigenvalue weighted by atomic mass is 16.1. The molecule has 0 bridgehead atoms. The van der Waals surface area contributed by atoms with Gasteiger partial charge in [-0.2, -0.15) is 0 Å². The fourth-order valence-corrected chi connectivity index (χ4v) is 3.73. The summed E-state index contributed by atoms with van der Waals surface area (Å²) in [5, 5.41) is 3.06. The third-order valence-electron chi connectivity index (χ3n) is 5.69. The van der Waals surface area contributed by atoms with E-state index in [1.807, 2.05) is 18.2 Å². The van der Waals surface area contributed by atoms with Crippen LogP contribution in [-0.4, -0.2) is 48.4 Å². The Labute approximate surface area is 169 Å². The predicted molar refractivity (Wildman–Crippen MR) is 115 cm³/mol. The number of carbonyl (C=O) groups excluding carboxylic acids is 1. The van der Waals surface area contributed by atoms with Crippen molar-refractivity contribution in [2.45, 2.75) is 39.3 Å². The van der Waals surface area contributed by atoms with Crippen LogP contribution in [0.25, 0.3) is 0 Å². The minimum atomic E-state index is 0.106. The first-order valence-electron chi connectivity index (χ1n) is 10.5. The maximum Gasteiger partial charge on any atom is 0.220 e. The smallest absolute Gasteiger partial charge is 0.220 e. The van der Waals surface area contributed by atoms with Crippen LogP contribution in [0.2, 0.25) is 0 Å². The molecule has 0 aliphatic carbocycles. The van der Waals surface area contributed by atoms with Gasteiger partial charge in [0.25, 0.3) is 0 Å². The van der Waals surface area contributed by atoms with E-state index in [9.17, 15) is 4.79 Å². The third-order valence-corrected chi connectivity index (χ3v) is 5.69. The van der Waals surface area contributed by atoms with Crippen LogP contribution in [0.15, 0.2) is 54.6 Å². The highest BCUT2D eigenvalue weighted by Crippen LogP contribution is 2.18. The lowest BCUT2D eigenvalue weighted by molar-refractivity contribution is -0.121. The Morgan fingerprint density at radius 1 is 0.929 bits per heavy atom. The van der Waals surface area contributed by atoms with E-state index < -0.39 is 0 Å². The summed E-state index contributed by atoms with van der Waals surface area (Å²) in [5.41, 5.74) is 3.71. The highest BCUT2D eigenvalue weighted by molar-refractivity contribution is 5.76. The highest BCUT2D eigenvalue weighted by Gasteiger charge is 2.15. The molecule has 1 aliphatic heterocycles. The molecular weight excluding hydrogens is 346 g/mol. The van der Waals surface area contributed by atoms with Crippen LogP contribution < -0.4 is 5.32 Å². The van der Waals surface area contributed by atoms with Crippen LogP contribution in [-0.2, 0) is 17.9 Å². The molecular formula is C24H33N3O. The number of carbonyl (C=O) groups is 1. The van der Waals surface area contributed by atoms with Crippen molar-refractivity contribution in [3.63, 3.8) is 0 Å². The van der Waals surface area contributed by atoms with Gasteiger partial charge in [0.15, 0.2) is 0 Å². The first-order chi connectivity index (χ1) is 13.6. The predicted octanol–water partition coefficient (Wildman–Crippen LogP) is 3.63. The van der Waals surface area contributed by atoms with E-state index in [1.54, 1.807) is 0 Å². The summed E-state index contributed by atoms with van der Waals surface area (Å²) in [6.07, 6.45) is 0.520. The Hall–Kier alpha value is -2.17. The number of nitrogens with zero attached hydrogens (tertiary/aromatic N) is 2. The summed E-state index contributed by atoms with van der Waals surface area (Å²) in [5.74, 6) is 0.339. The van der Waals surface area contributed by atoms with Gasteiger partial charge in [0, 0.05) is 45.7 Å². The molecule has 4 nitrogen and oxygen atoms in total. The van der Waals surface area contributed by atoms with Crippen molar-refractivity contribution in [2.24, 2.45) is 0 Å². The molecule has 1 unspecified atom stereocenters. The maximum absolute atomic E-state index is 12.3. The molecule has 1 amide bonds. The Bertz CT molecular complexity index is 721. The SMILES string of the molecule is CCN1CCN(Cc2ccc(CNC(=O)CC(C)c3ccccc3)cc2)CC1. The first-order valence-corrected chi connectivity index (χ1v) is 10.5. The van der Waals surface area contributed by atoms with Gasteiger partial charge in [-0.25, -0.2) is 0 Å². The fraction of sp³-hybridized carbons (Fsp3) is 0.458. The molecule has 2 aromatic carbocycles. The lowest BCUT2D eigenvalue weighted by Crippen LogP contribution is -2.45. The number of nitrogens with one attached hydrogen (secondary N) is 1. The molecule has 2 aromatic rings. The topological polar surface area (TPSA) is 35.6 Å². The molecule has 4 heteroatoms. The third kappa shape index (κ3) is 6.18. The molecule has 1 fully saturated rings. The standard InChI is InChI=1S/C24H33N3O/c1-3-26-13-15-27(16-14-26)19-22-11-9-21(10-12-22)18-25-24(28)17-20(2)23-7-5-4-6-8-23/h4-12,20H,3,13-19H2,1-2H3,(H,25,28). The van der Waals surface area contributed by atoms with Crippen LogP contribution in [0, 0.1) is 0 Å². The van der Waals surface area contributed by atoms with Crippen molar-refractivity contribution in [1.29, 1.82) is 0 Å². The zero-order valence-corrected chi connectivity index (χ0v) is 17.2. The lowest BCUT2D eigenvalue weighted by Gasteiger charge is -2.34. The van der Waals surface area contributed by atoms with Crippen LogP contribution in [0.3, 0.4) is 0 Å². The van der Waals surface area contributed by atoms with Crippen molar-refractivity contribution in [3.8, 4) is 0 Å². The van der Waals surface area contributed by atoms with Crippen molar-refractivity contribution in [1.82, 2.24) is 15.1 Å². The second-order valence-electron chi connectivity index (χ2n) is 7.82. The van der Waals surface area contributed by atoms with Gasteiger partial charge >= 0.3 is 0 Å². The zero-order chi connectivity index (χ0) is 19.8. The minimum Gasteiger partial charge on any atom is -0.352 e. The van der Waals surface area contributed by atoms with E-state index in [1.165, 1.54) is 24.2 Å². The Kier molecular flexibility index (Phi) is 7.63.